The van der Waals surface area contributed by atoms with E-state index in [0.29, 0.717) is 11.8 Å². The Labute approximate surface area is 146 Å². The van der Waals surface area contributed by atoms with Crippen LogP contribution in [0.4, 0.5) is 0 Å². The average molecular weight is 334 g/mol. The van der Waals surface area contributed by atoms with Crippen molar-refractivity contribution in [2.45, 2.75) is 64.7 Å². The monoisotopic (exact) mass is 333 g/mol. The van der Waals surface area contributed by atoms with E-state index in [2.05, 4.69) is 56.9 Å². The molecule has 1 heterocycles. The summed E-state index contributed by atoms with van der Waals surface area (Å²) in [6.45, 7) is 9.67. The van der Waals surface area contributed by atoms with Crippen molar-refractivity contribution >= 4 is 17.7 Å². The fourth-order valence-corrected chi connectivity index (χ4v) is 4.47. The minimum Gasteiger partial charge on any atom is -0.325 e. The Hall–Kier alpha value is -0.960. The normalized spacial score (nSPS) is 19.3. The predicted octanol–water partition coefficient (Wildman–Crippen LogP) is 5.60. The lowest BCUT2D eigenvalue weighted by Crippen LogP contribution is -2.35. The Morgan fingerprint density at radius 2 is 1.96 bits per heavy atom. The lowest BCUT2D eigenvalue weighted by atomic mass is 9.97. The van der Waals surface area contributed by atoms with E-state index in [0.717, 1.165) is 31.6 Å². The van der Waals surface area contributed by atoms with Crippen LogP contribution in [0.15, 0.2) is 24.3 Å². The minimum absolute atomic E-state index is 0.200. The minimum atomic E-state index is 0.200. The summed E-state index contributed by atoms with van der Waals surface area (Å²) >= 11 is 1.90. The van der Waals surface area contributed by atoms with Crippen molar-refractivity contribution in [2.75, 3.05) is 12.3 Å². The third kappa shape index (κ3) is 4.53. The van der Waals surface area contributed by atoms with Crippen LogP contribution in [0.2, 0.25) is 0 Å². The quantitative estimate of drug-likeness (QED) is 0.647. The van der Waals surface area contributed by atoms with E-state index in [1.165, 1.54) is 17.5 Å². The summed E-state index contributed by atoms with van der Waals surface area (Å²) in [7, 11) is 0. The van der Waals surface area contributed by atoms with Gasteiger partial charge in [-0.15, -0.1) is 11.8 Å². The zero-order valence-electron chi connectivity index (χ0n) is 15.0. The van der Waals surface area contributed by atoms with E-state index in [1.54, 1.807) is 0 Å². The number of hydrogen-bond acceptors (Lipinski definition) is 2. The lowest BCUT2D eigenvalue weighted by Gasteiger charge is -2.28. The molecule has 1 aliphatic heterocycles. The molecular formula is C20H31NOS. The molecule has 0 radical (unpaired) electrons. The second kappa shape index (κ2) is 8.77. The molecule has 3 heteroatoms. The summed E-state index contributed by atoms with van der Waals surface area (Å²) in [6, 6.07) is 8.86. The summed E-state index contributed by atoms with van der Waals surface area (Å²) in [5.41, 5.74) is 2.64. The van der Waals surface area contributed by atoms with E-state index < -0.39 is 0 Å². The van der Waals surface area contributed by atoms with Crippen molar-refractivity contribution in [3.63, 3.8) is 0 Å². The molecule has 1 saturated heterocycles. The fourth-order valence-electron chi connectivity index (χ4n) is 3.20. The summed E-state index contributed by atoms with van der Waals surface area (Å²) < 4.78 is 0. The van der Waals surface area contributed by atoms with Gasteiger partial charge < -0.3 is 4.90 Å². The van der Waals surface area contributed by atoms with Gasteiger partial charge >= 0.3 is 0 Å². The molecule has 0 bridgehead atoms. The molecule has 0 unspecified atom stereocenters. The molecule has 0 spiro atoms. The molecule has 23 heavy (non-hydrogen) atoms. The molecular weight excluding hydrogens is 302 g/mol. The summed E-state index contributed by atoms with van der Waals surface area (Å²) in [5, 5.41) is 0.208. The van der Waals surface area contributed by atoms with Gasteiger partial charge in [0.1, 0.15) is 5.37 Å². The molecule has 0 saturated carbocycles. The molecule has 2 atom stereocenters. The molecule has 1 aliphatic rings. The molecule has 0 aliphatic carbocycles. The second-order valence-corrected chi connectivity index (χ2v) is 8.01. The van der Waals surface area contributed by atoms with Crippen LogP contribution in [0.5, 0.6) is 0 Å². The molecule has 1 amide bonds. The highest BCUT2D eigenvalue weighted by Gasteiger charge is 2.33. The third-order valence-electron chi connectivity index (χ3n) is 4.81. The predicted molar refractivity (Wildman–Crippen MR) is 101 cm³/mol. The molecule has 1 aromatic rings. The Bertz CT molecular complexity index is 497. The maximum absolute atomic E-state index is 13.0. The van der Waals surface area contributed by atoms with Crippen LogP contribution >= 0.6 is 11.8 Å². The smallest absolute Gasteiger partial charge is 0.226 e. The van der Waals surface area contributed by atoms with Crippen molar-refractivity contribution in [1.82, 2.24) is 4.90 Å². The number of benzene rings is 1. The Balaban J connectivity index is 2.11. The standard InChI is InChI=1S/C20H31NOS/c1-5-7-8-16(6-2)19(22)21-13-14-23-20(21)18-11-9-17(10-12-18)15(3)4/h9-12,15-16,20H,5-8,13-14H2,1-4H3/t16-,20-/m0/s1. The first-order chi connectivity index (χ1) is 11.1. The molecule has 0 aromatic heterocycles. The maximum Gasteiger partial charge on any atom is 0.226 e. The van der Waals surface area contributed by atoms with Crippen LogP contribution in [0.3, 0.4) is 0 Å². The van der Waals surface area contributed by atoms with E-state index in [1.807, 2.05) is 11.8 Å². The van der Waals surface area contributed by atoms with Gasteiger partial charge in [-0.2, -0.15) is 0 Å². The molecule has 0 N–H and O–H groups in total. The van der Waals surface area contributed by atoms with Crippen molar-refractivity contribution in [2.24, 2.45) is 5.92 Å². The van der Waals surface area contributed by atoms with Gasteiger partial charge in [-0.1, -0.05) is 64.8 Å². The maximum atomic E-state index is 13.0. The van der Waals surface area contributed by atoms with Gasteiger partial charge in [0.05, 0.1) is 0 Å². The Kier molecular flexibility index (Phi) is 7.01. The highest BCUT2D eigenvalue weighted by Crippen LogP contribution is 2.39. The summed E-state index contributed by atoms with van der Waals surface area (Å²) in [4.78, 5) is 15.1. The number of thioether (sulfide) groups is 1. The number of unbranched alkanes of at least 4 members (excludes halogenated alkanes) is 1. The lowest BCUT2D eigenvalue weighted by molar-refractivity contribution is -0.136. The van der Waals surface area contributed by atoms with E-state index >= 15 is 0 Å². The fraction of sp³-hybridized carbons (Fsp3) is 0.650. The van der Waals surface area contributed by atoms with Crippen LogP contribution in [-0.4, -0.2) is 23.1 Å². The van der Waals surface area contributed by atoms with Gasteiger partial charge in [0.25, 0.3) is 0 Å². The highest BCUT2D eigenvalue weighted by atomic mass is 32.2. The number of carbonyl (C=O) groups excluding carboxylic acids is 1. The zero-order chi connectivity index (χ0) is 16.8. The SMILES string of the molecule is CCCC[C@H](CC)C(=O)N1CCS[C@H]1c1ccc(C(C)C)cc1. The molecule has 2 nitrogen and oxygen atoms in total. The number of carbonyl (C=O) groups is 1. The van der Waals surface area contributed by atoms with Crippen molar-refractivity contribution in [1.29, 1.82) is 0 Å². The highest BCUT2D eigenvalue weighted by molar-refractivity contribution is 7.99. The zero-order valence-corrected chi connectivity index (χ0v) is 15.9. The van der Waals surface area contributed by atoms with Crippen molar-refractivity contribution < 1.29 is 4.79 Å². The van der Waals surface area contributed by atoms with Crippen molar-refractivity contribution in [3.05, 3.63) is 35.4 Å². The number of rotatable bonds is 7. The largest absolute Gasteiger partial charge is 0.325 e. The number of nitrogens with zero attached hydrogens (tertiary/aromatic N) is 1. The van der Waals surface area contributed by atoms with Crippen LogP contribution < -0.4 is 0 Å². The first kappa shape index (κ1) is 18.4. The van der Waals surface area contributed by atoms with Crippen LogP contribution in [-0.2, 0) is 4.79 Å². The molecule has 2 rings (SSSR count). The van der Waals surface area contributed by atoms with Gasteiger partial charge in [0.15, 0.2) is 0 Å². The third-order valence-corrected chi connectivity index (χ3v) is 6.07. The first-order valence-corrected chi connectivity index (χ1v) is 10.1. The molecule has 1 aromatic carbocycles. The van der Waals surface area contributed by atoms with E-state index in [-0.39, 0.29) is 11.3 Å². The van der Waals surface area contributed by atoms with E-state index in [9.17, 15) is 4.79 Å². The Morgan fingerprint density at radius 1 is 1.26 bits per heavy atom. The molecule has 128 valence electrons. The number of hydrogen-bond donors (Lipinski definition) is 0. The van der Waals surface area contributed by atoms with Gasteiger partial charge in [0.2, 0.25) is 5.91 Å². The summed E-state index contributed by atoms with van der Waals surface area (Å²) in [6.07, 6.45) is 4.31. The Morgan fingerprint density at radius 3 is 2.52 bits per heavy atom. The number of amides is 1. The average Bonchev–Trinajstić information content (AvgIpc) is 3.05. The van der Waals surface area contributed by atoms with Gasteiger partial charge in [-0.3, -0.25) is 4.79 Å². The van der Waals surface area contributed by atoms with Crippen LogP contribution in [0.25, 0.3) is 0 Å². The van der Waals surface area contributed by atoms with Gasteiger partial charge in [-0.05, 0) is 29.9 Å². The van der Waals surface area contributed by atoms with Gasteiger partial charge in [0, 0.05) is 18.2 Å². The topological polar surface area (TPSA) is 20.3 Å². The van der Waals surface area contributed by atoms with E-state index in [4.69, 9.17) is 0 Å². The van der Waals surface area contributed by atoms with Crippen molar-refractivity contribution in [3.8, 4) is 0 Å². The first-order valence-electron chi connectivity index (χ1n) is 9.10. The van der Waals surface area contributed by atoms with Crippen LogP contribution in [0, 0.1) is 5.92 Å². The molecule has 1 fully saturated rings. The second-order valence-electron chi connectivity index (χ2n) is 6.82. The summed E-state index contributed by atoms with van der Waals surface area (Å²) in [5.74, 6) is 2.17. The van der Waals surface area contributed by atoms with Crippen LogP contribution in [0.1, 0.15) is 75.8 Å². The van der Waals surface area contributed by atoms with Gasteiger partial charge in [-0.25, -0.2) is 0 Å².